The summed E-state index contributed by atoms with van der Waals surface area (Å²) in [6.45, 7) is 2.41. The highest BCUT2D eigenvalue weighted by Crippen LogP contribution is 2.20. The summed E-state index contributed by atoms with van der Waals surface area (Å²) in [5.74, 6) is 0.305. The zero-order valence-corrected chi connectivity index (χ0v) is 16.1. The van der Waals surface area contributed by atoms with Crippen molar-refractivity contribution < 1.29 is 17.9 Å². The summed E-state index contributed by atoms with van der Waals surface area (Å²) in [7, 11) is -3.72. The fourth-order valence-electron chi connectivity index (χ4n) is 2.57. The third-order valence-corrected chi connectivity index (χ3v) is 5.23. The number of carbonyl (C=O) groups excluding carboxylic acids is 1. The molecule has 3 aromatic rings. The van der Waals surface area contributed by atoms with Gasteiger partial charge in [0.15, 0.2) is 0 Å². The maximum absolute atomic E-state index is 12.5. The van der Waals surface area contributed by atoms with Crippen LogP contribution in [0.3, 0.4) is 0 Å². The van der Waals surface area contributed by atoms with Gasteiger partial charge in [-0.25, -0.2) is 8.42 Å². The molecule has 2 N–H and O–H groups in total. The number of sulfonamides is 1. The van der Waals surface area contributed by atoms with Crippen LogP contribution in [-0.4, -0.2) is 20.9 Å². The third-order valence-electron chi connectivity index (χ3n) is 3.83. The molecule has 7 heteroatoms. The van der Waals surface area contributed by atoms with Gasteiger partial charge in [0.25, 0.3) is 15.9 Å². The largest absolute Gasteiger partial charge is 0.494 e. The Balaban J connectivity index is 1.76. The number of anilines is 2. The maximum atomic E-state index is 12.5. The van der Waals surface area contributed by atoms with Crippen molar-refractivity contribution in [1.82, 2.24) is 0 Å². The van der Waals surface area contributed by atoms with Crippen molar-refractivity contribution in [2.24, 2.45) is 0 Å². The molecule has 0 heterocycles. The lowest BCUT2D eigenvalue weighted by atomic mass is 10.2. The Labute approximate surface area is 164 Å². The van der Waals surface area contributed by atoms with Crippen LogP contribution in [0.5, 0.6) is 5.75 Å². The molecule has 1 amide bonds. The molecule has 0 aliphatic rings. The quantitative estimate of drug-likeness (QED) is 0.629. The number of rotatable bonds is 7. The molecule has 0 aliphatic carbocycles. The Kier molecular flexibility index (Phi) is 5.96. The first-order valence-electron chi connectivity index (χ1n) is 8.70. The number of nitrogens with one attached hydrogen (secondary N) is 2. The Hall–Kier alpha value is -3.32. The van der Waals surface area contributed by atoms with Crippen LogP contribution in [0.4, 0.5) is 11.4 Å². The van der Waals surface area contributed by atoms with Crippen LogP contribution in [0, 0.1) is 0 Å². The molecule has 0 spiro atoms. The second-order valence-electron chi connectivity index (χ2n) is 5.91. The first kappa shape index (κ1) is 19.4. The van der Waals surface area contributed by atoms with E-state index in [0.717, 1.165) is 0 Å². The van der Waals surface area contributed by atoms with Crippen molar-refractivity contribution in [3.05, 3.63) is 84.4 Å². The lowest BCUT2D eigenvalue weighted by molar-refractivity contribution is 0.102. The molecule has 0 aliphatic heterocycles. The first-order chi connectivity index (χ1) is 13.5. The summed E-state index contributed by atoms with van der Waals surface area (Å²) in [6.07, 6.45) is 0. The molecule has 0 unspecified atom stereocenters. The number of hydrogen-bond acceptors (Lipinski definition) is 4. The van der Waals surface area contributed by atoms with Crippen LogP contribution in [0.15, 0.2) is 83.8 Å². The highest BCUT2D eigenvalue weighted by atomic mass is 32.2. The molecule has 0 radical (unpaired) electrons. The highest BCUT2D eigenvalue weighted by molar-refractivity contribution is 7.92. The van der Waals surface area contributed by atoms with Gasteiger partial charge < -0.3 is 10.1 Å². The summed E-state index contributed by atoms with van der Waals surface area (Å²) in [5, 5.41) is 2.78. The van der Waals surface area contributed by atoms with Crippen LogP contribution in [0.25, 0.3) is 0 Å². The van der Waals surface area contributed by atoms with Crippen molar-refractivity contribution in [1.29, 1.82) is 0 Å². The summed E-state index contributed by atoms with van der Waals surface area (Å²) < 4.78 is 32.8. The summed E-state index contributed by atoms with van der Waals surface area (Å²) in [4.78, 5) is 12.7. The van der Waals surface area contributed by atoms with E-state index in [2.05, 4.69) is 10.0 Å². The fourth-order valence-corrected chi connectivity index (χ4v) is 3.64. The smallest absolute Gasteiger partial charge is 0.261 e. The van der Waals surface area contributed by atoms with Crippen LogP contribution in [0.1, 0.15) is 17.3 Å². The molecule has 28 heavy (non-hydrogen) atoms. The lowest BCUT2D eigenvalue weighted by Crippen LogP contribution is -2.15. The van der Waals surface area contributed by atoms with Gasteiger partial charge in [-0.1, -0.05) is 30.3 Å². The maximum Gasteiger partial charge on any atom is 0.261 e. The molecule has 0 fully saturated rings. The van der Waals surface area contributed by atoms with Gasteiger partial charge in [0.2, 0.25) is 0 Å². The Morgan fingerprint density at radius 1 is 0.893 bits per heavy atom. The molecule has 144 valence electrons. The van der Waals surface area contributed by atoms with E-state index >= 15 is 0 Å². The molecule has 3 rings (SSSR count). The van der Waals surface area contributed by atoms with Crippen molar-refractivity contribution >= 4 is 27.3 Å². The van der Waals surface area contributed by atoms with Gasteiger partial charge in [-0.15, -0.1) is 0 Å². The fraction of sp³-hybridized carbons (Fsp3) is 0.0952. The topological polar surface area (TPSA) is 84.5 Å². The molecule has 6 nitrogen and oxygen atoms in total. The predicted molar refractivity (Wildman–Crippen MR) is 109 cm³/mol. The normalized spacial score (nSPS) is 10.9. The van der Waals surface area contributed by atoms with Crippen LogP contribution >= 0.6 is 0 Å². The van der Waals surface area contributed by atoms with E-state index in [9.17, 15) is 13.2 Å². The number of carbonyl (C=O) groups is 1. The molecular formula is C21H20N2O4S. The van der Waals surface area contributed by atoms with Crippen LogP contribution in [-0.2, 0) is 10.0 Å². The second-order valence-corrected chi connectivity index (χ2v) is 7.60. The average Bonchev–Trinajstić information content (AvgIpc) is 2.69. The lowest BCUT2D eigenvalue weighted by Gasteiger charge is -2.11. The van der Waals surface area contributed by atoms with Crippen molar-refractivity contribution in [3.63, 3.8) is 0 Å². The molecular weight excluding hydrogens is 376 g/mol. The van der Waals surface area contributed by atoms with E-state index < -0.39 is 10.0 Å². The third kappa shape index (κ3) is 4.89. The molecule has 0 atom stereocenters. The number of ether oxygens (including phenoxy) is 1. The monoisotopic (exact) mass is 396 g/mol. The van der Waals surface area contributed by atoms with E-state index in [1.54, 1.807) is 60.7 Å². The van der Waals surface area contributed by atoms with Gasteiger partial charge in [-0.2, -0.15) is 0 Å². The van der Waals surface area contributed by atoms with Crippen molar-refractivity contribution in [3.8, 4) is 5.75 Å². The minimum atomic E-state index is -3.72. The molecule has 0 bridgehead atoms. The van der Waals surface area contributed by atoms with Gasteiger partial charge in [0, 0.05) is 23.0 Å². The van der Waals surface area contributed by atoms with Gasteiger partial charge in [-0.3, -0.25) is 9.52 Å². The van der Waals surface area contributed by atoms with Gasteiger partial charge in [0.1, 0.15) is 5.75 Å². The van der Waals surface area contributed by atoms with Gasteiger partial charge >= 0.3 is 0 Å². The summed E-state index contributed by atoms with van der Waals surface area (Å²) in [5.41, 5.74) is 1.22. The minimum absolute atomic E-state index is 0.151. The summed E-state index contributed by atoms with van der Waals surface area (Å²) >= 11 is 0. The molecule has 0 aromatic heterocycles. The van der Waals surface area contributed by atoms with E-state index in [1.807, 2.05) is 6.92 Å². The van der Waals surface area contributed by atoms with E-state index in [0.29, 0.717) is 29.3 Å². The van der Waals surface area contributed by atoms with Crippen molar-refractivity contribution in [2.75, 3.05) is 16.6 Å². The van der Waals surface area contributed by atoms with E-state index in [4.69, 9.17) is 4.74 Å². The molecule has 0 saturated carbocycles. The van der Waals surface area contributed by atoms with Crippen molar-refractivity contribution in [2.45, 2.75) is 11.8 Å². The average molecular weight is 396 g/mol. The zero-order valence-electron chi connectivity index (χ0n) is 15.3. The Morgan fingerprint density at radius 2 is 1.61 bits per heavy atom. The SMILES string of the molecule is CCOc1cccc(NC(=O)c2cccc(NS(=O)(=O)c3ccccc3)c2)c1. The highest BCUT2D eigenvalue weighted by Gasteiger charge is 2.15. The zero-order chi connectivity index (χ0) is 20.0. The molecule has 0 saturated heterocycles. The van der Waals surface area contributed by atoms with Crippen LogP contribution in [0.2, 0.25) is 0 Å². The Bertz CT molecular complexity index is 1070. The van der Waals surface area contributed by atoms with E-state index in [-0.39, 0.29) is 10.8 Å². The predicted octanol–water partition coefficient (Wildman–Crippen LogP) is 4.14. The second kappa shape index (κ2) is 8.58. The van der Waals surface area contributed by atoms with Crippen LogP contribution < -0.4 is 14.8 Å². The first-order valence-corrected chi connectivity index (χ1v) is 10.2. The number of benzene rings is 3. The van der Waals surface area contributed by atoms with Gasteiger partial charge in [-0.05, 0) is 49.4 Å². The Morgan fingerprint density at radius 3 is 2.36 bits per heavy atom. The number of amides is 1. The standard InChI is InChI=1S/C21H20N2O4S/c1-2-27-19-11-7-9-17(15-19)22-21(24)16-8-6-10-18(14-16)23-28(25,26)20-12-4-3-5-13-20/h3-15,23H,2H2,1H3,(H,22,24). The molecule has 3 aromatic carbocycles. The van der Waals surface area contributed by atoms with Gasteiger partial charge in [0.05, 0.1) is 11.5 Å². The van der Waals surface area contributed by atoms with E-state index in [1.165, 1.54) is 18.2 Å². The number of hydrogen-bond donors (Lipinski definition) is 2. The summed E-state index contributed by atoms with van der Waals surface area (Å²) in [6, 6.07) is 21.4. The minimum Gasteiger partial charge on any atom is -0.494 e.